The lowest BCUT2D eigenvalue weighted by Crippen LogP contribution is -2.32. The standard InChI is InChI=1S/C17H17Cl2NO3S/c1-23-15-7-6-14(19)10-16(15)24(21,22)20-11-17(8-9-17)12-2-4-13(18)5-3-12/h2-7,10,20H,8-9,11H2,1H3. The number of sulfonamides is 1. The van der Waals surface area contributed by atoms with Crippen molar-refractivity contribution in [3.05, 3.63) is 58.1 Å². The van der Waals surface area contributed by atoms with Gasteiger partial charge in [-0.1, -0.05) is 35.3 Å². The molecule has 0 aromatic heterocycles. The van der Waals surface area contributed by atoms with Gasteiger partial charge in [0.05, 0.1) is 7.11 Å². The van der Waals surface area contributed by atoms with E-state index in [9.17, 15) is 8.42 Å². The molecule has 128 valence electrons. The van der Waals surface area contributed by atoms with E-state index in [0.29, 0.717) is 16.6 Å². The number of methoxy groups -OCH3 is 1. The van der Waals surface area contributed by atoms with Crippen LogP contribution >= 0.6 is 23.2 Å². The highest BCUT2D eigenvalue weighted by atomic mass is 35.5. The van der Waals surface area contributed by atoms with E-state index >= 15 is 0 Å². The molecule has 1 N–H and O–H groups in total. The first-order valence-corrected chi connectivity index (χ1v) is 9.69. The highest BCUT2D eigenvalue weighted by molar-refractivity contribution is 7.89. The Bertz CT molecular complexity index is 847. The van der Waals surface area contributed by atoms with Gasteiger partial charge in [0.15, 0.2) is 0 Å². The lowest BCUT2D eigenvalue weighted by atomic mass is 9.96. The first kappa shape index (κ1) is 17.5. The summed E-state index contributed by atoms with van der Waals surface area (Å²) in [5, 5.41) is 1.01. The van der Waals surface area contributed by atoms with Crippen molar-refractivity contribution in [2.75, 3.05) is 13.7 Å². The third-order valence-corrected chi connectivity index (χ3v) is 6.24. The molecule has 2 aromatic carbocycles. The minimum absolute atomic E-state index is 0.0457. The lowest BCUT2D eigenvalue weighted by molar-refractivity contribution is 0.402. The van der Waals surface area contributed by atoms with Crippen LogP contribution in [0.5, 0.6) is 5.75 Å². The number of nitrogens with one attached hydrogen (secondary N) is 1. The summed E-state index contributed by atoms with van der Waals surface area (Å²) in [5.41, 5.74) is 0.927. The maximum atomic E-state index is 12.7. The molecule has 7 heteroatoms. The van der Waals surface area contributed by atoms with Gasteiger partial charge in [-0.05, 0) is 48.7 Å². The summed E-state index contributed by atoms with van der Waals surface area (Å²) in [7, 11) is -2.29. The van der Waals surface area contributed by atoms with E-state index in [0.717, 1.165) is 18.4 Å². The van der Waals surface area contributed by atoms with E-state index in [-0.39, 0.29) is 16.1 Å². The first-order valence-electron chi connectivity index (χ1n) is 7.46. The SMILES string of the molecule is COc1ccc(Cl)cc1S(=O)(=O)NCC1(c2ccc(Cl)cc2)CC1. The number of rotatable bonds is 6. The summed E-state index contributed by atoms with van der Waals surface area (Å²) in [6.45, 7) is 0.326. The Morgan fingerprint density at radius 1 is 1.08 bits per heavy atom. The second kappa shape index (κ2) is 6.56. The van der Waals surface area contributed by atoms with Crippen LogP contribution in [0.1, 0.15) is 18.4 Å². The second-order valence-corrected chi connectivity index (χ2v) is 8.52. The van der Waals surface area contributed by atoms with E-state index in [2.05, 4.69) is 4.72 Å². The zero-order chi connectivity index (χ0) is 17.4. The molecule has 0 heterocycles. The normalized spacial score (nSPS) is 16.0. The van der Waals surface area contributed by atoms with Crippen molar-refractivity contribution < 1.29 is 13.2 Å². The highest BCUT2D eigenvalue weighted by Crippen LogP contribution is 2.48. The van der Waals surface area contributed by atoms with Crippen LogP contribution in [0.15, 0.2) is 47.4 Å². The monoisotopic (exact) mass is 385 g/mol. The van der Waals surface area contributed by atoms with Crippen molar-refractivity contribution in [2.45, 2.75) is 23.2 Å². The molecule has 24 heavy (non-hydrogen) atoms. The van der Waals surface area contributed by atoms with E-state index in [1.165, 1.54) is 13.2 Å². The van der Waals surface area contributed by atoms with E-state index in [1.54, 1.807) is 12.1 Å². The molecule has 0 amide bonds. The molecule has 0 saturated heterocycles. The maximum absolute atomic E-state index is 12.7. The fourth-order valence-corrected chi connectivity index (χ4v) is 4.38. The zero-order valence-corrected chi connectivity index (χ0v) is 15.4. The Kier molecular flexibility index (Phi) is 4.80. The van der Waals surface area contributed by atoms with E-state index < -0.39 is 10.0 Å². The van der Waals surface area contributed by atoms with Crippen molar-refractivity contribution in [3.8, 4) is 5.75 Å². The molecule has 0 spiro atoms. The second-order valence-electron chi connectivity index (χ2n) is 5.91. The van der Waals surface area contributed by atoms with Crippen molar-refractivity contribution in [2.24, 2.45) is 0 Å². The summed E-state index contributed by atoms with van der Waals surface area (Å²) in [5.74, 6) is 0.267. The molecule has 0 radical (unpaired) electrons. The van der Waals surface area contributed by atoms with Crippen LogP contribution in [0.4, 0.5) is 0 Å². The third-order valence-electron chi connectivity index (χ3n) is 4.33. The maximum Gasteiger partial charge on any atom is 0.244 e. The van der Waals surface area contributed by atoms with Gasteiger partial charge in [0.1, 0.15) is 10.6 Å². The summed E-state index contributed by atoms with van der Waals surface area (Å²) < 4.78 is 33.1. The predicted octanol–water partition coefficient (Wildman–Crippen LogP) is 4.01. The Morgan fingerprint density at radius 3 is 2.29 bits per heavy atom. The van der Waals surface area contributed by atoms with Gasteiger partial charge in [-0.25, -0.2) is 13.1 Å². The number of ether oxygens (including phenoxy) is 1. The molecule has 0 unspecified atom stereocenters. The molecule has 3 rings (SSSR count). The molecule has 1 aliphatic carbocycles. The van der Waals surface area contributed by atoms with Crippen LogP contribution in [0.25, 0.3) is 0 Å². The average molecular weight is 386 g/mol. The van der Waals surface area contributed by atoms with Crippen LogP contribution in [-0.2, 0) is 15.4 Å². The molecule has 0 bridgehead atoms. The molecule has 1 aliphatic rings. The largest absolute Gasteiger partial charge is 0.495 e. The van der Waals surface area contributed by atoms with Gasteiger partial charge in [0.25, 0.3) is 0 Å². The molecule has 4 nitrogen and oxygen atoms in total. The first-order chi connectivity index (χ1) is 11.4. The molecule has 1 saturated carbocycles. The Balaban J connectivity index is 1.81. The van der Waals surface area contributed by atoms with Crippen LogP contribution in [0.2, 0.25) is 10.0 Å². The zero-order valence-electron chi connectivity index (χ0n) is 13.1. The molecule has 0 atom stereocenters. The average Bonchev–Trinajstić information content (AvgIpc) is 3.35. The molecule has 1 fully saturated rings. The van der Waals surface area contributed by atoms with Gasteiger partial charge in [0, 0.05) is 22.0 Å². The van der Waals surface area contributed by atoms with Crippen molar-refractivity contribution in [1.29, 1.82) is 0 Å². The van der Waals surface area contributed by atoms with Gasteiger partial charge in [0.2, 0.25) is 10.0 Å². The van der Waals surface area contributed by atoms with Crippen LogP contribution in [0, 0.1) is 0 Å². The van der Waals surface area contributed by atoms with Crippen molar-refractivity contribution >= 4 is 33.2 Å². The highest BCUT2D eigenvalue weighted by Gasteiger charge is 2.44. The number of halogens is 2. The minimum atomic E-state index is -3.72. The third kappa shape index (κ3) is 3.54. The van der Waals surface area contributed by atoms with Gasteiger partial charge < -0.3 is 4.74 Å². The smallest absolute Gasteiger partial charge is 0.244 e. The van der Waals surface area contributed by atoms with Crippen molar-refractivity contribution in [1.82, 2.24) is 4.72 Å². The number of hydrogen-bond donors (Lipinski definition) is 1. The summed E-state index contributed by atoms with van der Waals surface area (Å²) in [6.07, 6.45) is 1.87. The molecule has 2 aromatic rings. The van der Waals surface area contributed by atoms with Crippen LogP contribution < -0.4 is 9.46 Å². The lowest BCUT2D eigenvalue weighted by Gasteiger charge is -2.18. The Morgan fingerprint density at radius 2 is 1.71 bits per heavy atom. The van der Waals surface area contributed by atoms with E-state index in [1.807, 2.05) is 24.3 Å². The quantitative estimate of drug-likeness (QED) is 0.816. The number of hydrogen-bond acceptors (Lipinski definition) is 3. The Hall–Kier alpha value is -1.27. The summed E-state index contributed by atoms with van der Waals surface area (Å²) in [6, 6.07) is 12.1. The van der Waals surface area contributed by atoms with Crippen LogP contribution in [-0.4, -0.2) is 22.1 Å². The molecular formula is C17H17Cl2NO3S. The fourth-order valence-electron chi connectivity index (χ4n) is 2.69. The number of benzene rings is 2. The van der Waals surface area contributed by atoms with Gasteiger partial charge in [-0.3, -0.25) is 0 Å². The van der Waals surface area contributed by atoms with Gasteiger partial charge in [-0.15, -0.1) is 0 Å². The van der Waals surface area contributed by atoms with Crippen LogP contribution in [0.3, 0.4) is 0 Å². The van der Waals surface area contributed by atoms with Gasteiger partial charge >= 0.3 is 0 Å². The molecule has 0 aliphatic heterocycles. The van der Waals surface area contributed by atoms with E-state index in [4.69, 9.17) is 27.9 Å². The van der Waals surface area contributed by atoms with Gasteiger partial charge in [-0.2, -0.15) is 0 Å². The predicted molar refractivity (Wildman–Crippen MR) is 95.6 cm³/mol. The Labute approximate surface area is 151 Å². The topological polar surface area (TPSA) is 55.4 Å². The fraction of sp³-hybridized carbons (Fsp3) is 0.294. The molecular weight excluding hydrogens is 369 g/mol. The minimum Gasteiger partial charge on any atom is -0.495 e. The summed E-state index contributed by atoms with van der Waals surface area (Å²) in [4.78, 5) is 0.0457. The van der Waals surface area contributed by atoms with Crippen molar-refractivity contribution in [3.63, 3.8) is 0 Å². The summed E-state index contributed by atoms with van der Waals surface area (Å²) >= 11 is 11.9.